The van der Waals surface area contributed by atoms with Gasteiger partial charge in [0.15, 0.2) is 0 Å². The summed E-state index contributed by atoms with van der Waals surface area (Å²) in [5.74, 6) is 1.37. The Kier molecular flexibility index (Phi) is 7.73. The van der Waals surface area contributed by atoms with Crippen molar-refractivity contribution in [1.82, 2.24) is 15.0 Å². The number of fused-ring (bicyclic) bond motifs is 1. The molecule has 0 spiro atoms. The molecule has 38 heavy (non-hydrogen) atoms. The maximum atomic E-state index is 9.82. The highest BCUT2D eigenvalue weighted by Gasteiger charge is 2.18. The van der Waals surface area contributed by atoms with Crippen molar-refractivity contribution in [3.8, 4) is 40.1 Å². The number of hydrogen-bond acceptors (Lipinski definition) is 8. The Hall–Kier alpha value is -4.13. The summed E-state index contributed by atoms with van der Waals surface area (Å²) in [6.07, 6.45) is 3.06. The van der Waals surface area contributed by atoms with E-state index in [1.165, 1.54) is 6.33 Å². The molecular weight excluding hydrogens is 480 g/mol. The van der Waals surface area contributed by atoms with Crippen LogP contribution < -0.4 is 20.1 Å². The van der Waals surface area contributed by atoms with Crippen molar-refractivity contribution in [3.63, 3.8) is 0 Å². The number of nitrogens with zero attached hydrogens (tertiary/aromatic N) is 4. The van der Waals surface area contributed by atoms with Gasteiger partial charge in [-0.3, -0.25) is 0 Å². The Morgan fingerprint density at radius 1 is 1.11 bits per heavy atom. The lowest BCUT2D eigenvalue weighted by Gasteiger charge is -2.30. The van der Waals surface area contributed by atoms with E-state index < -0.39 is 0 Å². The fraction of sp³-hybridized carbons (Fsp3) is 0.345. The van der Waals surface area contributed by atoms with Gasteiger partial charge in [0.2, 0.25) is 0 Å². The van der Waals surface area contributed by atoms with E-state index in [1.54, 1.807) is 7.11 Å². The Balaban J connectivity index is 1.48. The van der Waals surface area contributed by atoms with Crippen molar-refractivity contribution < 1.29 is 14.2 Å². The van der Waals surface area contributed by atoms with Gasteiger partial charge in [0, 0.05) is 35.3 Å². The highest BCUT2D eigenvalue weighted by molar-refractivity contribution is 5.94. The second-order valence-corrected chi connectivity index (χ2v) is 9.20. The quantitative estimate of drug-likeness (QED) is 0.336. The Morgan fingerprint density at radius 2 is 1.92 bits per heavy atom. The molecule has 2 aromatic carbocycles. The summed E-state index contributed by atoms with van der Waals surface area (Å²) in [5.41, 5.74) is 11.4. The van der Waals surface area contributed by atoms with E-state index in [0.717, 1.165) is 65.3 Å². The molecule has 5 rings (SSSR count). The average Bonchev–Trinajstić information content (AvgIpc) is 3.42. The molecule has 0 saturated carbocycles. The molecule has 1 aliphatic rings. The molecule has 3 N–H and O–H groups in total. The first kappa shape index (κ1) is 25.5. The first-order valence-corrected chi connectivity index (χ1v) is 12.9. The number of nitrogens with two attached hydrogens (primary N) is 1. The molecule has 0 amide bonds. The van der Waals surface area contributed by atoms with E-state index in [0.29, 0.717) is 36.7 Å². The zero-order valence-electron chi connectivity index (χ0n) is 21.7. The number of H-pyrrole nitrogens is 1. The van der Waals surface area contributed by atoms with Crippen LogP contribution >= 0.6 is 0 Å². The first-order chi connectivity index (χ1) is 18.6. The van der Waals surface area contributed by atoms with E-state index in [-0.39, 0.29) is 6.10 Å². The van der Waals surface area contributed by atoms with Crippen molar-refractivity contribution in [3.05, 3.63) is 54.4 Å². The van der Waals surface area contributed by atoms with Gasteiger partial charge in [-0.15, -0.1) is 0 Å². The van der Waals surface area contributed by atoms with Crippen molar-refractivity contribution >= 4 is 16.7 Å². The van der Waals surface area contributed by atoms with Crippen LogP contribution in [0.2, 0.25) is 0 Å². The van der Waals surface area contributed by atoms with Crippen molar-refractivity contribution in [2.45, 2.75) is 25.9 Å². The van der Waals surface area contributed by atoms with Crippen LogP contribution in [0.1, 0.15) is 25.3 Å². The van der Waals surface area contributed by atoms with E-state index in [1.807, 2.05) is 37.3 Å². The third kappa shape index (κ3) is 5.14. The number of ether oxygens (including phenoxy) is 3. The van der Waals surface area contributed by atoms with Gasteiger partial charge in [0.25, 0.3) is 0 Å². The lowest BCUT2D eigenvalue weighted by atomic mass is 10.0. The van der Waals surface area contributed by atoms with Crippen LogP contribution in [0.3, 0.4) is 0 Å². The van der Waals surface area contributed by atoms with Gasteiger partial charge in [-0.25, -0.2) is 9.97 Å². The maximum Gasteiger partial charge on any atom is 0.142 e. The number of benzene rings is 2. The van der Waals surface area contributed by atoms with Crippen LogP contribution in [0, 0.1) is 11.3 Å². The molecule has 4 aromatic rings. The lowest BCUT2D eigenvalue weighted by molar-refractivity contribution is 0.122. The minimum Gasteiger partial charge on any atom is -0.495 e. The Morgan fingerprint density at radius 3 is 2.66 bits per heavy atom. The number of aromatic amines is 1. The summed E-state index contributed by atoms with van der Waals surface area (Å²) in [7, 11) is 1.69. The molecule has 9 nitrogen and oxygen atoms in total. The largest absolute Gasteiger partial charge is 0.495 e. The van der Waals surface area contributed by atoms with Gasteiger partial charge in [-0.05, 0) is 55.8 Å². The predicted octanol–water partition coefficient (Wildman–Crippen LogP) is 4.51. The van der Waals surface area contributed by atoms with Crippen LogP contribution in [-0.2, 0) is 4.74 Å². The topological polar surface area (TPSA) is 122 Å². The summed E-state index contributed by atoms with van der Waals surface area (Å²) in [4.78, 5) is 14.7. The summed E-state index contributed by atoms with van der Waals surface area (Å²) in [6.45, 7) is 5.68. The van der Waals surface area contributed by atoms with Gasteiger partial charge in [-0.1, -0.05) is 13.0 Å². The molecule has 196 valence electrons. The molecule has 2 aromatic heterocycles. The van der Waals surface area contributed by atoms with Gasteiger partial charge in [0.05, 0.1) is 43.4 Å². The molecule has 3 heterocycles. The third-order valence-electron chi connectivity index (χ3n) is 6.88. The van der Waals surface area contributed by atoms with Gasteiger partial charge < -0.3 is 29.8 Å². The fourth-order valence-corrected chi connectivity index (χ4v) is 4.82. The van der Waals surface area contributed by atoms with Crippen LogP contribution in [0.5, 0.6) is 11.5 Å². The standard InChI is InChI=1S/C29H32N6O3/c1-3-22(8-9-30)38-26-7-5-20(14-21(26)17-31)28-23-16-24(34-29(23)33-18-32-28)19-4-6-25(27(15-19)36-2)35-10-12-37-13-11-35/h4-7,14-16,18,22H,3,8-13,30H2,1-2H3,(H,32,33,34). The maximum absolute atomic E-state index is 9.82. The highest BCUT2D eigenvalue weighted by atomic mass is 16.5. The molecule has 1 atom stereocenters. The lowest BCUT2D eigenvalue weighted by Crippen LogP contribution is -2.36. The van der Waals surface area contributed by atoms with Crippen molar-refractivity contribution in [1.29, 1.82) is 5.26 Å². The van der Waals surface area contributed by atoms with Gasteiger partial charge in [-0.2, -0.15) is 5.26 Å². The number of rotatable bonds is 9. The van der Waals surface area contributed by atoms with Crippen molar-refractivity contribution in [2.24, 2.45) is 5.73 Å². The van der Waals surface area contributed by atoms with Gasteiger partial charge >= 0.3 is 0 Å². The number of methoxy groups -OCH3 is 1. The van der Waals surface area contributed by atoms with Crippen LogP contribution in [-0.4, -0.2) is 61.0 Å². The van der Waals surface area contributed by atoms with Crippen LogP contribution in [0.25, 0.3) is 33.5 Å². The van der Waals surface area contributed by atoms with E-state index in [4.69, 9.17) is 19.9 Å². The first-order valence-electron chi connectivity index (χ1n) is 12.9. The number of morpholine rings is 1. The monoisotopic (exact) mass is 512 g/mol. The zero-order chi connectivity index (χ0) is 26.5. The molecule has 9 heteroatoms. The SMILES string of the molecule is CCC(CCN)Oc1ccc(-c2ncnc3[nH]c(-c4ccc(N5CCOCC5)c(OC)c4)cc23)cc1C#N. The molecule has 0 radical (unpaired) electrons. The average molecular weight is 513 g/mol. The number of nitrogens with one attached hydrogen (secondary N) is 1. The van der Waals surface area contributed by atoms with Gasteiger partial charge in [0.1, 0.15) is 29.5 Å². The second-order valence-electron chi connectivity index (χ2n) is 9.20. The number of aromatic nitrogens is 3. The van der Waals surface area contributed by atoms with Crippen LogP contribution in [0.4, 0.5) is 5.69 Å². The molecule has 1 saturated heterocycles. The molecular formula is C29H32N6O3. The Labute approximate surface area is 222 Å². The summed E-state index contributed by atoms with van der Waals surface area (Å²) >= 11 is 0. The summed E-state index contributed by atoms with van der Waals surface area (Å²) < 4.78 is 17.3. The van der Waals surface area contributed by atoms with Crippen LogP contribution in [0.15, 0.2) is 48.8 Å². The molecule has 0 bridgehead atoms. The minimum atomic E-state index is -0.0254. The summed E-state index contributed by atoms with van der Waals surface area (Å²) in [5, 5.41) is 10.7. The molecule has 1 aliphatic heterocycles. The summed E-state index contributed by atoms with van der Waals surface area (Å²) in [6, 6.07) is 16.1. The van der Waals surface area contributed by atoms with Crippen molar-refractivity contribution in [2.75, 3.05) is 44.9 Å². The number of nitriles is 1. The fourth-order valence-electron chi connectivity index (χ4n) is 4.82. The normalized spacial score (nSPS) is 14.3. The van der Waals surface area contributed by atoms with E-state index in [9.17, 15) is 5.26 Å². The molecule has 1 unspecified atom stereocenters. The predicted molar refractivity (Wildman–Crippen MR) is 147 cm³/mol. The third-order valence-corrected chi connectivity index (χ3v) is 6.88. The molecule has 1 fully saturated rings. The number of anilines is 1. The molecule has 0 aliphatic carbocycles. The van der Waals surface area contributed by atoms with E-state index in [2.05, 4.69) is 38.1 Å². The second kappa shape index (κ2) is 11.5. The van der Waals surface area contributed by atoms with E-state index >= 15 is 0 Å². The number of hydrogen-bond donors (Lipinski definition) is 2. The minimum absolute atomic E-state index is 0.0254. The Bertz CT molecular complexity index is 1450. The zero-order valence-corrected chi connectivity index (χ0v) is 21.7. The smallest absolute Gasteiger partial charge is 0.142 e. The highest BCUT2D eigenvalue weighted by Crippen LogP contribution is 2.36.